The van der Waals surface area contributed by atoms with Crippen LogP contribution >= 0.6 is 0 Å². The van der Waals surface area contributed by atoms with Gasteiger partial charge in [0.25, 0.3) is 5.91 Å². The van der Waals surface area contributed by atoms with Crippen LogP contribution in [0.15, 0.2) is 103 Å². The Bertz CT molecular complexity index is 1470. The number of ether oxygens (including phenoxy) is 1. The molecule has 1 N–H and O–H groups in total. The van der Waals surface area contributed by atoms with Gasteiger partial charge in [0.05, 0.1) is 7.98 Å². The Hall–Kier alpha value is -4.38. The van der Waals surface area contributed by atoms with Crippen LogP contribution in [0.1, 0.15) is 55.8 Å². The van der Waals surface area contributed by atoms with Crippen molar-refractivity contribution in [3.8, 4) is 28.0 Å². The van der Waals surface area contributed by atoms with Crippen molar-refractivity contribution in [3.05, 3.63) is 114 Å². The van der Waals surface area contributed by atoms with Crippen LogP contribution in [0.3, 0.4) is 0 Å². The van der Waals surface area contributed by atoms with Gasteiger partial charge in [-0.1, -0.05) is 84.9 Å². The number of rotatable bonds is 13. The molecular weight excluding hydrogens is 498 g/mol. The number of para-hydroxylation sites is 1. The number of hydrogen-bond donors (Lipinski definition) is 1. The first-order chi connectivity index (χ1) is 20.0. The largest absolute Gasteiger partial charge is 0.493 e. The lowest BCUT2D eigenvalue weighted by molar-refractivity contribution is -0.137. The monoisotopic (exact) mass is 534 g/mol. The van der Waals surface area contributed by atoms with Crippen molar-refractivity contribution in [2.75, 3.05) is 6.61 Å². The van der Waals surface area contributed by atoms with Gasteiger partial charge in [0.1, 0.15) is 5.75 Å². The summed E-state index contributed by atoms with van der Waals surface area (Å²) in [7, 11) is 0. The number of benzene rings is 4. The molecule has 1 unspecified atom stereocenters. The van der Waals surface area contributed by atoms with Gasteiger partial charge in [0.15, 0.2) is 0 Å². The van der Waals surface area contributed by atoms with Crippen LogP contribution in [0.2, 0.25) is 0 Å². The number of hydrogen-bond acceptors (Lipinski definition) is 3. The molecule has 4 aromatic rings. The highest BCUT2D eigenvalue weighted by atomic mass is 16.5. The fourth-order valence-electron chi connectivity index (χ4n) is 4.83. The van der Waals surface area contributed by atoms with Gasteiger partial charge in [0.2, 0.25) is 0 Å². The molecular formula is C35H35NO4. The predicted octanol–water partition coefficient (Wildman–Crippen LogP) is 7.85. The van der Waals surface area contributed by atoms with Gasteiger partial charge in [-0.05, 0) is 72.6 Å². The summed E-state index contributed by atoms with van der Waals surface area (Å²) < 4.78 is 15.1. The molecule has 4 aromatic carbocycles. The topological polar surface area (TPSA) is 66.8 Å². The van der Waals surface area contributed by atoms with Crippen molar-refractivity contribution in [3.63, 3.8) is 0 Å². The molecule has 1 saturated carbocycles. The van der Waals surface area contributed by atoms with Crippen molar-refractivity contribution >= 4 is 11.9 Å². The molecule has 1 amide bonds. The van der Waals surface area contributed by atoms with E-state index < -0.39 is 12.5 Å². The van der Waals surface area contributed by atoms with Crippen molar-refractivity contribution in [2.24, 2.45) is 0 Å². The third kappa shape index (κ3) is 6.97. The molecule has 0 saturated heterocycles. The highest BCUT2D eigenvalue weighted by Gasteiger charge is 2.33. The second-order valence-electron chi connectivity index (χ2n) is 10.2. The molecule has 5 nitrogen and oxygen atoms in total. The van der Waals surface area contributed by atoms with E-state index in [1.807, 2.05) is 78.9 Å². The Labute approximate surface area is 237 Å². The second kappa shape index (κ2) is 13.1. The minimum absolute atomic E-state index is 0.0348. The SMILES string of the molecule is [2H]C(c1ccccc1OCCCCCC(=O)O)N(C(=O)c1ccc(-c2ccccc2-c2ccccc2)cc1)C1CC1. The second-order valence-corrected chi connectivity index (χ2v) is 10.2. The van der Waals surface area contributed by atoms with Crippen molar-refractivity contribution in [1.82, 2.24) is 4.90 Å². The van der Waals surface area contributed by atoms with Gasteiger partial charge in [-0.25, -0.2) is 0 Å². The summed E-state index contributed by atoms with van der Waals surface area (Å²) in [5.74, 6) is -0.347. The average molecular weight is 535 g/mol. The van der Waals surface area contributed by atoms with Crippen LogP contribution in [0.4, 0.5) is 0 Å². The highest BCUT2D eigenvalue weighted by molar-refractivity contribution is 5.95. The first kappa shape index (κ1) is 25.9. The van der Waals surface area contributed by atoms with Gasteiger partial charge in [-0.2, -0.15) is 0 Å². The molecule has 0 radical (unpaired) electrons. The van der Waals surface area contributed by atoms with Gasteiger partial charge in [-0.15, -0.1) is 0 Å². The summed E-state index contributed by atoms with van der Waals surface area (Å²) in [6, 6.07) is 33.7. The minimum atomic E-state index is -0.892. The molecule has 5 rings (SSSR count). The molecule has 5 heteroatoms. The third-order valence-corrected chi connectivity index (χ3v) is 7.12. The van der Waals surface area contributed by atoms with E-state index in [4.69, 9.17) is 11.2 Å². The van der Waals surface area contributed by atoms with Crippen molar-refractivity contribution in [1.29, 1.82) is 0 Å². The summed E-state index contributed by atoms with van der Waals surface area (Å²) in [5, 5.41) is 8.81. The van der Waals surface area contributed by atoms with E-state index >= 15 is 0 Å². The van der Waals surface area contributed by atoms with Crippen LogP contribution in [-0.4, -0.2) is 34.5 Å². The van der Waals surface area contributed by atoms with E-state index in [0.717, 1.165) is 47.9 Å². The molecule has 204 valence electrons. The minimum Gasteiger partial charge on any atom is -0.493 e. The molecule has 0 bridgehead atoms. The highest BCUT2D eigenvalue weighted by Crippen LogP contribution is 2.34. The van der Waals surface area contributed by atoms with Crippen molar-refractivity contribution in [2.45, 2.75) is 51.1 Å². The Morgan fingerprint density at radius 1 is 0.775 bits per heavy atom. The van der Waals surface area contributed by atoms with Crippen LogP contribution in [0.5, 0.6) is 5.75 Å². The smallest absolute Gasteiger partial charge is 0.303 e. The van der Waals surface area contributed by atoms with E-state index in [0.29, 0.717) is 29.9 Å². The number of carbonyl (C=O) groups is 2. The number of carbonyl (C=O) groups excluding carboxylic acids is 1. The lowest BCUT2D eigenvalue weighted by Crippen LogP contribution is -2.32. The molecule has 0 heterocycles. The maximum absolute atomic E-state index is 13.8. The quantitative estimate of drug-likeness (QED) is 0.177. The number of aliphatic carboxylic acids is 1. The summed E-state index contributed by atoms with van der Waals surface area (Å²) in [4.78, 5) is 26.2. The van der Waals surface area contributed by atoms with Crippen molar-refractivity contribution < 1.29 is 20.8 Å². The summed E-state index contributed by atoms with van der Waals surface area (Å²) in [6.45, 7) is -0.455. The lowest BCUT2D eigenvalue weighted by atomic mass is 9.94. The number of carboxylic acids is 1. The lowest BCUT2D eigenvalue weighted by Gasteiger charge is -2.24. The maximum atomic E-state index is 13.8. The summed E-state index contributed by atoms with van der Waals surface area (Å²) in [6.07, 6.45) is 4.03. The van der Waals surface area contributed by atoms with E-state index in [9.17, 15) is 9.59 Å². The maximum Gasteiger partial charge on any atom is 0.303 e. The number of carboxylic acid groups (broad SMARTS) is 1. The van der Waals surface area contributed by atoms with E-state index in [-0.39, 0.29) is 18.4 Å². The zero-order valence-electron chi connectivity index (χ0n) is 23.5. The Morgan fingerprint density at radius 3 is 2.08 bits per heavy atom. The molecule has 1 atom stereocenters. The van der Waals surface area contributed by atoms with E-state index in [1.54, 1.807) is 4.90 Å². The predicted molar refractivity (Wildman–Crippen MR) is 158 cm³/mol. The first-order valence-electron chi connectivity index (χ1n) is 14.5. The Kier molecular flexibility index (Phi) is 8.48. The molecule has 0 spiro atoms. The van der Waals surface area contributed by atoms with Crippen LogP contribution in [-0.2, 0) is 11.3 Å². The molecule has 40 heavy (non-hydrogen) atoms. The van der Waals surface area contributed by atoms with E-state index in [2.05, 4.69) is 24.3 Å². The molecule has 1 aliphatic rings. The number of nitrogens with zero attached hydrogens (tertiary/aromatic N) is 1. The number of amides is 1. The molecule has 0 aromatic heterocycles. The van der Waals surface area contributed by atoms with Gasteiger partial charge in [0, 0.05) is 30.1 Å². The Morgan fingerprint density at radius 2 is 1.40 bits per heavy atom. The standard InChI is InChI=1S/C35H35NO4/c37-34(38)17-5-2-10-24-40-33-16-9-6-13-29(33)25-36(30-22-23-30)35(39)28-20-18-27(19-21-28)32-15-8-7-14-31(32)26-11-3-1-4-12-26/h1,3-4,6-9,11-16,18-21,30H,2,5,10,17,22-25H2,(H,37,38)/i25D. The average Bonchev–Trinajstić information content (AvgIpc) is 3.85. The van der Waals surface area contributed by atoms with Gasteiger partial charge < -0.3 is 14.7 Å². The summed E-state index contributed by atoms with van der Waals surface area (Å²) >= 11 is 0. The normalized spacial score (nSPS) is 13.8. The molecule has 0 aliphatic heterocycles. The molecule has 1 fully saturated rings. The summed E-state index contributed by atoms with van der Waals surface area (Å²) in [5.41, 5.74) is 5.63. The first-order valence-corrected chi connectivity index (χ1v) is 14.0. The Balaban J connectivity index is 1.31. The zero-order chi connectivity index (χ0) is 28.6. The van der Waals surface area contributed by atoms with E-state index in [1.165, 1.54) is 0 Å². The molecule has 1 aliphatic carbocycles. The van der Waals surface area contributed by atoms with Crippen LogP contribution < -0.4 is 4.74 Å². The van der Waals surface area contributed by atoms with Crippen LogP contribution in [0.25, 0.3) is 22.3 Å². The third-order valence-electron chi connectivity index (χ3n) is 7.12. The zero-order valence-corrected chi connectivity index (χ0v) is 22.5. The van der Waals surface area contributed by atoms with Gasteiger partial charge in [-0.3, -0.25) is 9.59 Å². The van der Waals surface area contributed by atoms with Crippen LogP contribution in [0, 0.1) is 0 Å². The number of unbranched alkanes of at least 4 members (excludes halogenated alkanes) is 2. The fourth-order valence-corrected chi connectivity index (χ4v) is 4.83. The van der Waals surface area contributed by atoms with Gasteiger partial charge >= 0.3 is 5.97 Å². The fraction of sp³-hybridized carbons (Fsp3) is 0.257.